The fourth-order valence-electron chi connectivity index (χ4n) is 1.99. The van der Waals surface area contributed by atoms with Crippen LogP contribution in [0.15, 0.2) is 5.16 Å². The molecule has 1 aromatic rings. The molecule has 0 N–H and O–H groups in total. The van der Waals surface area contributed by atoms with Crippen molar-refractivity contribution in [2.75, 3.05) is 33.1 Å². The number of carbonyl (C=O) groups excluding carboxylic acids is 1. The van der Waals surface area contributed by atoms with E-state index in [0.29, 0.717) is 17.5 Å². The van der Waals surface area contributed by atoms with Crippen LogP contribution in [0.25, 0.3) is 0 Å². The fourth-order valence-corrected chi connectivity index (χ4v) is 2.77. The summed E-state index contributed by atoms with van der Waals surface area (Å²) in [5, 5.41) is 12.0. The molecule has 1 amide bonds. The topological polar surface area (TPSA) is 82.4 Å². The summed E-state index contributed by atoms with van der Waals surface area (Å²) < 4.78 is 11.8. The van der Waals surface area contributed by atoms with Gasteiger partial charge in [0.1, 0.15) is 0 Å². The van der Waals surface area contributed by atoms with Gasteiger partial charge in [-0.3, -0.25) is 4.79 Å². The number of hydrogen-bond donors (Lipinski definition) is 0. The minimum absolute atomic E-state index is 0.136. The van der Waals surface area contributed by atoms with Crippen LogP contribution in [-0.4, -0.2) is 70.4 Å². The summed E-state index contributed by atoms with van der Waals surface area (Å²) in [5.74, 6) is 0.488. The van der Waals surface area contributed by atoms with Crippen LogP contribution in [-0.2, 0) is 20.8 Å². The number of ether oxygens (including phenoxy) is 2. The first-order valence-electron chi connectivity index (χ1n) is 6.47. The van der Waals surface area contributed by atoms with Gasteiger partial charge < -0.3 is 14.4 Å². The molecule has 1 aromatic heterocycles. The van der Waals surface area contributed by atoms with Crippen molar-refractivity contribution in [2.45, 2.75) is 30.8 Å². The van der Waals surface area contributed by atoms with E-state index in [9.17, 15) is 4.79 Å². The number of carbonyl (C=O) groups is 1. The molecule has 8 nitrogen and oxygen atoms in total. The van der Waals surface area contributed by atoms with Gasteiger partial charge in [-0.1, -0.05) is 11.8 Å². The van der Waals surface area contributed by atoms with E-state index in [0.717, 1.165) is 25.9 Å². The van der Waals surface area contributed by atoms with Gasteiger partial charge in [-0.05, 0) is 23.3 Å². The number of likely N-dealkylation sites (tertiary alicyclic amines) is 1. The van der Waals surface area contributed by atoms with E-state index in [2.05, 4.69) is 15.5 Å². The van der Waals surface area contributed by atoms with Crippen molar-refractivity contribution in [3.8, 4) is 0 Å². The van der Waals surface area contributed by atoms with Crippen LogP contribution in [0.3, 0.4) is 0 Å². The van der Waals surface area contributed by atoms with E-state index >= 15 is 0 Å². The molecule has 1 fully saturated rings. The first-order valence-corrected chi connectivity index (χ1v) is 7.45. The molecular weight excluding hydrogens is 282 g/mol. The molecule has 2 heterocycles. The van der Waals surface area contributed by atoms with Gasteiger partial charge in [0, 0.05) is 27.3 Å². The normalized spacial score (nSPS) is 15.2. The highest BCUT2D eigenvalue weighted by Gasteiger charge is 2.19. The lowest BCUT2D eigenvalue weighted by molar-refractivity contribution is -0.127. The Balaban J connectivity index is 1.86. The van der Waals surface area contributed by atoms with Crippen LogP contribution >= 0.6 is 11.8 Å². The lowest BCUT2D eigenvalue weighted by Gasteiger charge is -2.15. The number of hydrogen-bond acceptors (Lipinski definition) is 7. The average Bonchev–Trinajstić information content (AvgIpc) is 3.13. The summed E-state index contributed by atoms with van der Waals surface area (Å²) in [6.45, 7) is 2.11. The van der Waals surface area contributed by atoms with Crippen molar-refractivity contribution in [1.29, 1.82) is 0 Å². The molecule has 9 heteroatoms. The number of aromatic nitrogens is 4. The van der Waals surface area contributed by atoms with E-state index in [-0.39, 0.29) is 5.91 Å². The Hall–Kier alpha value is -1.19. The molecule has 0 aromatic carbocycles. The zero-order chi connectivity index (χ0) is 14.4. The standard InChI is InChI=1S/C11H19N5O3S/c1-18-10(19-2)7-16-11(12-13-14-16)20-8-9(17)15-5-3-4-6-15/h10H,3-8H2,1-2H3. The van der Waals surface area contributed by atoms with Crippen molar-refractivity contribution in [1.82, 2.24) is 25.1 Å². The number of tetrazole rings is 1. The number of amides is 1. The summed E-state index contributed by atoms with van der Waals surface area (Å²) in [6, 6.07) is 0. The molecule has 0 radical (unpaired) electrons. The van der Waals surface area contributed by atoms with Crippen molar-refractivity contribution in [3.63, 3.8) is 0 Å². The third-order valence-electron chi connectivity index (χ3n) is 3.13. The van der Waals surface area contributed by atoms with Gasteiger partial charge in [0.15, 0.2) is 6.29 Å². The SMILES string of the molecule is COC(Cn1nnnc1SCC(=O)N1CCCC1)OC. The molecule has 1 aliphatic heterocycles. The molecule has 0 saturated carbocycles. The molecule has 0 atom stereocenters. The van der Waals surface area contributed by atoms with Gasteiger partial charge in [-0.15, -0.1) is 5.10 Å². The van der Waals surface area contributed by atoms with Crippen LogP contribution in [0.4, 0.5) is 0 Å². The van der Waals surface area contributed by atoms with Crippen molar-refractivity contribution in [2.24, 2.45) is 0 Å². The lowest BCUT2D eigenvalue weighted by Crippen LogP contribution is -2.29. The van der Waals surface area contributed by atoms with Gasteiger partial charge in [0.05, 0.1) is 12.3 Å². The van der Waals surface area contributed by atoms with Crippen molar-refractivity contribution < 1.29 is 14.3 Å². The summed E-state index contributed by atoms with van der Waals surface area (Å²) in [4.78, 5) is 13.8. The van der Waals surface area contributed by atoms with Crippen molar-refractivity contribution in [3.05, 3.63) is 0 Å². The third-order valence-corrected chi connectivity index (χ3v) is 4.07. The molecule has 0 unspecified atom stereocenters. The molecule has 1 aliphatic rings. The molecule has 1 saturated heterocycles. The van der Waals surface area contributed by atoms with Crippen LogP contribution in [0.1, 0.15) is 12.8 Å². The Morgan fingerprint density at radius 1 is 1.35 bits per heavy atom. The minimum atomic E-state index is -0.410. The van der Waals surface area contributed by atoms with Gasteiger partial charge in [0.25, 0.3) is 0 Å². The smallest absolute Gasteiger partial charge is 0.233 e. The second-order valence-electron chi connectivity index (χ2n) is 4.42. The highest BCUT2D eigenvalue weighted by molar-refractivity contribution is 7.99. The predicted octanol–water partition coefficient (Wildman–Crippen LogP) is 0.00650. The van der Waals surface area contributed by atoms with E-state index < -0.39 is 6.29 Å². The average molecular weight is 301 g/mol. The monoisotopic (exact) mass is 301 g/mol. The summed E-state index contributed by atoms with van der Waals surface area (Å²) >= 11 is 1.34. The zero-order valence-electron chi connectivity index (χ0n) is 11.7. The Bertz CT molecular complexity index is 431. The van der Waals surface area contributed by atoms with Crippen LogP contribution in [0.5, 0.6) is 0 Å². The lowest BCUT2D eigenvalue weighted by atomic mass is 10.4. The minimum Gasteiger partial charge on any atom is -0.354 e. The maximum atomic E-state index is 12.0. The number of thioether (sulfide) groups is 1. The number of nitrogens with zero attached hydrogens (tertiary/aromatic N) is 5. The highest BCUT2D eigenvalue weighted by atomic mass is 32.2. The Labute approximate surface area is 121 Å². The van der Waals surface area contributed by atoms with Crippen LogP contribution in [0, 0.1) is 0 Å². The molecular formula is C11H19N5O3S. The largest absolute Gasteiger partial charge is 0.354 e. The Morgan fingerprint density at radius 3 is 2.70 bits per heavy atom. The second-order valence-corrected chi connectivity index (χ2v) is 5.36. The van der Waals surface area contributed by atoms with Gasteiger partial charge in [-0.2, -0.15) is 0 Å². The van der Waals surface area contributed by atoms with Crippen LogP contribution in [0.2, 0.25) is 0 Å². The molecule has 20 heavy (non-hydrogen) atoms. The Kier molecular flexibility index (Phi) is 5.74. The second kappa shape index (κ2) is 7.55. The molecule has 0 bridgehead atoms. The maximum absolute atomic E-state index is 12.0. The summed E-state index contributed by atoms with van der Waals surface area (Å²) in [7, 11) is 3.12. The number of rotatable bonds is 7. The Morgan fingerprint density at radius 2 is 2.05 bits per heavy atom. The molecule has 2 rings (SSSR count). The van der Waals surface area contributed by atoms with Crippen molar-refractivity contribution >= 4 is 17.7 Å². The first-order chi connectivity index (χ1) is 9.74. The predicted molar refractivity (Wildman–Crippen MR) is 72.2 cm³/mol. The van der Waals surface area contributed by atoms with Gasteiger partial charge >= 0.3 is 0 Å². The highest BCUT2D eigenvalue weighted by Crippen LogP contribution is 2.17. The van der Waals surface area contributed by atoms with Crippen LogP contribution < -0.4 is 0 Å². The quantitative estimate of drug-likeness (QED) is 0.518. The third kappa shape index (κ3) is 3.90. The molecule has 0 aliphatic carbocycles. The van der Waals surface area contributed by atoms with E-state index in [1.165, 1.54) is 11.8 Å². The van der Waals surface area contributed by atoms with E-state index in [1.54, 1.807) is 18.9 Å². The summed E-state index contributed by atoms with van der Waals surface area (Å²) in [5.41, 5.74) is 0. The molecule has 112 valence electrons. The first kappa shape index (κ1) is 15.2. The zero-order valence-corrected chi connectivity index (χ0v) is 12.5. The van der Waals surface area contributed by atoms with Gasteiger partial charge in [0.2, 0.25) is 11.1 Å². The van der Waals surface area contributed by atoms with Gasteiger partial charge in [-0.25, -0.2) is 4.68 Å². The number of methoxy groups -OCH3 is 2. The fraction of sp³-hybridized carbons (Fsp3) is 0.818. The summed E-state index contributed by atoms with van der Waals surface area (Å²) in [6.07, 6.45) is 1.78. The maximum Gasteiger partial charge on any atom is 0.233 e. The van der Waals surface area contributed by atoms with E-state index in [4.69, 9.17) is 9.47 Å². The van der Waals surface area contributed by atoms with E-state index in [1.807, 2.05) is 4.90 Å². The molecule has 0 spiro atoms.